The highest BCUT2D eigenvalue weighted by atomic mass is 16.5. The fourth-order valence-electron chi connectivity index (χ4n) is 4.07. The molecule has 5 heteroatoms. The van der Waals surface area contributed by atoms with Crippen LogP contribution in [-0.4, -0.2) is 23.2 Å². The highest BCUT2D eigenvalue weighted by Gasteiger charge is 2.49. The van der Waals surface area contributed by atoms with Crippen molar-refractivity contribution in [3.63, 3.8) is 0 Å². The molecule has 2 aliphatic heterocycles. The summed E-state index contributed by atoms with van der Waals surface area (Å²) >= 11 is 0. The third-order valence-electron chi connectivity index (χ3n) is 5.14. The minimum atomic E-state index is -0.541. The zero-order valence-corrected chi connectivity index (χ0v) is 14.9. The number of benzene rings is 2. The van der Waals surface area contributed by atoms with Crippen LogP contribution in [0.1, 0.15) is 59.4 Å². The molecule has 0 radical (unpaired) electrons. The lowest BCUT2D eigenvalue weighted by atomic mass is 9.80. The molecule has 26 heavy (non-hydrogen) atoms. The van der Waals surface area contributed by atoms with Gasteiger partial charge in [0.05, 0.1) is 16.8 Å². The molecule has 0 bridgehead atoms. The minimum absolute atomic E-state index is 0.143. The van der Waals surface area contributed by atoms with Crippen molar-refractivity contribution in [3.8, 4) is 5.75 Å². The Balaban J connectivity index is 1.78. The minimum Gasteiger partial charge on any atom is -0.423 e. The van der Waals surface area contributed by atoms with Crippen LogP contribution in [0, 0.1) is 0 Å². The summed E-state index contributed by atoms with van der Waals surface area (Å²) in [5.41, 5.74) is 1.87. The van der Waals surface area contributed by atoms with E-state index in [0.717, 1.165) is 12.0 Å². The summed E-state index contributed by atoms with van der Waals surface area (Å²) in [5, 5.41) is 0. The highest BCUT2D eigenvalue weighted by molar-refractivity contribution is 6.53. The summed E-state index contributed by atoms with van der Waals surface area (Å²) in [4.78, 5) is 39.0. The van der Waals surface area contributed by atoms with Crippen LogP contribution in [0.3, 0.4) is 0 Å². The van der Waals surface area contributed by atoms with Gasteiger partial charge in [0.15, 0.2) is 0 Å². The third-order valence-corrected chi connectivity index (χ3v) is 5.14. The van der Waals surface area contributed by atoms with Crippen molar-refractivity contribution in [1.29, 1.82) is 0 Å². The molecule has 0 N–H and O–H groups in total. The van der Waals surface area contributed by atoms with Crippen molar-refractivity contribution < 1.29 is 19.1 Å². The molecule has 4 rings (SSSR count). The van der Waals surface area contributed by atoms with Gasteiger partial charge in [-0.05, 0) is 56.0 Å². The number of ketones is 1. The molecule has 2 aromatic carbocycles. The second-order valence-corrected chi connectivity index (χ2v) is 7.55. The van der Waals surface area contributed by atoms with Gasteiger partial charge in [-0.1, -0.05) is 25.1 Å². The summed E-state index contributed by atoms with van der Waals surface area (Å²) in [5.74, 6) is -1.10. The number of hydrogen-bond acceptors (Lipinski definition) is 4. The van der Waals surface area contributed by atoms with Crippen molar-refractivity contribution in [3.05, 3.63) is 59.2 Å². The number of amides is 1. The quantitative estimate of drug-likeness (QED) is 0.471. The number of nitrogens with zero attached hydrogens (tertiary/aromatic N) is 1. The van der Waals surface area contributed by atoms with Crippen molar-refractivity contribution in [2.24, 2.45) is 0 Å². The van der Waals surface area contributed by atoms with Crippen LogP contribution in [0.2, 0.25) is 0 Å². The normalized spacial score (nSPS) is 20.1. The first-order valence-corrected chi connectivity index (χ1v) is 8.63. The molecule has 0 fully saturated rings. The van der Waals surface area contributed by atoms with E-state index in [4.69, 9.17) is 4.74 Å². The zero-order chi connectivity index (χ0) is 18.6. The number of carbonyl (C=O) groups is 3. The van der Waals surface area contributed by atoms with E-state index in [2.05, 4.69) is 6.92 Å². The first-order valence-electron chi connectivity index (χ1n) is 8.63. The van der Waals surface area contributed by atoms with Crippen LogP contribution in [-0.2, 0) is 4.79 Å². The summed E-state index contributed by atoms with van der Waals surface area (Å²) in [6.45, 7) is 6.00. The Bertz CT molecular complexity index is 946. The van der Waals surface area contributed by atoms with Crippen LogP contribution in [0.4, 0.5) is 5.69 Å². The van der Waals surface area contributed by atoms with Crippen molar-refractivity contribution in [1.82, 2.24) is 0 Å². The van der Waals surface area contributed by atoms with Crippen LogP contribution in [0.5, 0.6) is 5.75 Å². The van der Waals surface area contributed by atoms with Gasteiger partial charge in [0, 0.05) is 5.54 Å². The molecule has 0 aromatic heterocycles. The first-order chi connectivity index (χ1) is 12.3. The Kier molecular flexibility index (Phi) is 3.51. The molecule has 2 aliphatic rings. The van der Waals surface area contributed by atoms with Gasteiger partial charge in [-0.25, -0.2) is 4.79 Å². The second-order valence-electron chi connectivity index (χ2n) is 7.55. The predicted molar refractivity (Wildman–Crippen MR) is 96.8 cm³/mol. The number of anilines is 1. The summed E-state index contributed by atoms with van der Waals surface area (Å²) in [7, 11) is 0. The molecule has 0 saturated carbocycles. The number of hydrogen-bond donors (Lipinski definition) is 0. The van der Waals surface area contributed by atoms with Crippen molar-refractivity contribution in [2.75, 3.05) is 4.90 Å². The summed E-state index contributed by atoms with van der Waals surface area (Å²) in [6, 6.07) is 12.0. The van der Waals surface area contributed by atoms with Gasteiger partial charge in [0.1, 0.15) is 5.75 Å². The average Bonchev–Trinajstić information content (AvgIpc) is 2.86. The molecule has 1 atom stereocenters. The average molecular weight is 349 g/mol. The maximum absolute atomic E-state index is 12.5. The van der Waals surface area contributed by atoms with E-state index in [9.17, 15) is 14.4 Å². The van der Waals surface area contributed by atoms with Gasteiger partial charge in [-0.2, -0.15) is 0 Å². The van der Waals surface area contributed by atoms with E-state index in [1.165, 1.54) is 6.07 Å². The van der Waals surface area contributed by atoms with Gasteiger partial charge in [0.2, 0.25) is 0 Å². The molecule has 0 spiro atoms. The molecule has 5 nitrogen and oxygen atoms in total. The zero-order valence-electron chi connectivity index (χ0n) is 14.9. The molecule has 0 aliphatic carbocycles. The van der Waals surface area contributed by atoms with Gasteiger partial charge in [-0.3, -0.25) is 14.5 Å². The molecule has 1 amide bonds. The lowest BCUT2D eigenvalue weighted by molar-refractivity contribution is -0.115. The lowest BCUT2D eigenvalue weighted by Gasteiger charge is -2.43. The Morgan fingerprint density at radius 3 is 2.54 bits per heavy atom. The number of esters is 1. The molecule has 0 saturated heterocycles. The first kappa shape index (κ1) is 16.5. The SMILES string of the molecule is C[C@@H]1CC(C)(C)N2C(=O)C(=O)c3cc(OC(=O)c4ccccc4)cc1c32. The number of rotatable bonds is 2. The fraction of sp³-hybridized carbons (Fsp3) is 0.286. The maximum Gasteiger partial charge on any atom is 0.343 e. The molecular weight excluding hydrogens is 330 g/mol. The Morgan fingerprint density at radius 1 is 1.15 bits per heavy atom. The van der Waals surface area contributed by atoms with Crippen LogP contribution in [0.15, 0.2) is 42.5 Å². The Hall–Kier alpha value is -2.95. The largest absolute Gasteiger partial charge is 0.423 e. The maximum atomic E-state index is 12.5. The van der Waals surface area contributed by atoms with Crippen molar-refractivity contribution in [2.45, 2.75) is 38.6 Å². The predicted octanol–water partition coefficient (Wildman–Crippen LogP) is 3.72. The Morgan fingerprint density at radius 2 is 1.85 bits per heavy atom. The van der Waals surface area contributed by atoms with Crippen LogP contribution >= 0.6 is 0 Å². The summed E-state index contributed by atoms with van der Waals surface area (Å²) in [6.07, 6.45) is 0.731. The van der Waals surface area contributed by atoms with Crippen LogP contribution < -0.4 is 9.64 Å². The lowest BCUT2D eigenvalue weighted by Crippen LogP contribution is -2.50. The van der Waals surface area contributed by atoms with E-state index in [-0.39, 0.29) is 5.92 Å². The van der Waals surface area contributed by atoms with Crippen molar-refractivity contribution >= 4 is 23.3 Å². The molecule has 132 valence electrons. The van der Waals surface area contributed by atoms with Gasteiger partial charge in [-0.15, -0.1) is 0 Å². The standard InChI is InChI=1S/C21H19NO4/c1-12-11-21(2,3)22-17-15(12)9-14(10-16(17)18(23)19(22)24)26-20(25)13-7-5-4-6-8-13/h4-10,12H,11H2,1-3H3/t12-/m1/s1. The van der Waals surface area contributed by atoms with Gasteiger partial charge < -0.3 is 4.74 Å². The molecule has 2 heterocycles. The fourth-order valence-corrected chi connectivity index (χ4v) is 4.07. The molecule has 0 unspecified atom stereocenters. The third kappa shape index (κ3) is 2.35. The topological polar surface area (TPSA) is 63.7 Å². The van der Waals surface area contributed by atoms with Gasteiger partial charge >= 0.3 is 5.97 Å². The smallest absolute Gasteiger partial charge is 0.343 e. The molecule has 2 aromatic rings. The van der Waals surface area contributed by atoms with E-state index < -0.39 is 23.2 Å². The monoisotopic (exact) mass is 349 g/mol. The van der Waals surface area contributed by atoms with E-state index >= 15 is 0 Å². The Labute approximate surface area is 151 Å². The summed E-state index contributed by atoms with van der Waals surface area (Å²) < 4.78 is 5.49. The van der Waals surface area contributed by atoms with Gasteiger partial charge in [0.25, 0.3) is 11.7 Å². The molecular formula is C21H19NO4. The number of Topliss-reactive ketones (excluding diaryl/α,β-unsaturated/α-hetero) is 1. The van der Waals surface area contributed by atoms with Crippen LogP contribution in [0.25, 0.3) is 0 Å². The number of ether oxygens (including phenoxy) is 1. The van der Waals surface area contributed by atoms with E-state index in [1.54, 1.807) is 35.2 Å². The second kappa shape index (κ2) is 5.53. The van der Waals surface area contributed by atoms with E-state index in [0.29, 0.717) is 22.6 Å². The number of carbonyl (C=O) groups excluding carboxylic acids is 3. The highest BCUT2D eigenvalue weighted by Crippen LogP contribution is 2.49. The van der Waals surface area contributed by atoms with E-state index in [1.807, 2.05) is 19.9 Å².